The summed E-state index contributed by atoms with van der Waals surface area (Å²) in [7, 11) is 1.31. The smallest absolute Gasteiger partial charge is 0.328 e. The maximum Gasteiger partial charge on any atom is 0.328 e. The maximum atomic E-state index is 13.5. The first-order valence-corrected chi connectivity index (χ1v) is 15.2. The van der Waals surface area contributed by atoms with Gasteiger partial charge < -0.3 is 19.5 Å². The Morgan fingerprint density at radius 1 is 0.800 bits per heavy atom. The number of hydrogen-bond acceptors (Lipinski definition) is 5. The summed E-state index contributed by atoms with van der Waals surface area (Å²) in [4.78, 5) is 26.3. The number of para-hydroxylation sites is 2. The van der Waals surface area contributed by atoms with Crippen LogP contribution in [0.25, 0.3) is 17.2 Å². The topological polar surface area (TPSA) is 73.9 Å². The van der Waals surface area contributed by atoms with Crippen molar-refractivity contribution in [2.45, 2.75) is 12.5 Å². The zero-order chi connectivity index (χ0) is 31.4. The molecular formula is C38H32BrNO5. The van der Waals surface area contributed by atoms with Gasteiger partial charge in [0.2, 0.25) is 0 Å². The molecule has 5 aromatic rings. The number of hydrogen-bond donors (Lipinski definition) is 1. The fraction of sp³-hybridized carbons (Fsp3) is 0.105. The molecule has 0 saturated heterocycles. The van der Waals surface area contributed by atoms with Gasteiger partial charge in [0.25, 0.3) is 5.91 Å². The Balaban J connectivity index is 1.28. The van der Waals surface area contributed by atoms with Crippen LogP contribution in [0.2, 0.25) is 0 Å². The third-order valence-corrected chi connectivity index (χ3v) is 7.48. The molecule has 1 amide bonds. The Kier molecular flexibility index (Phi) is 10.8. The molecule has 0 heterocycles. The predicted octanol–water partition coefficient (Wildman–Crippen LogP) is 8.51. The molecule has 0 radical (unpaired) electrons. The SMILES string of the molecule is COC(=O)[C@H](Cc1ccc(-c2ccccc2Oc2ccccc2)cc1)NC(=O)c1cc(Br)ccc1OC/C=C/c1ccccc1. The number of nitrogens with one attached hydrogen (secondary N) is 1. The zero-order valence-corrected chi connectivity index (χ0v) is 26.3. The van der Waals surface area contributed by atoms with E-state index >= 15 is 0 Å². The van der Waals surface area contributed by atoms with Gasteiger partial charge in [0, 0.05) is 16.5 Å². The van der Waals surface area contributed by atoms with E-state index in [0.29, 0.717) is 15.8 Å². The Labute approximate surface area is 271 Å². The van der Waals surface area contributed by atoms with Crippen LogP contribution in [0.3, 0.4) is 0 Å². The van der Waals surface area contributed by atoms with Crippen molar-refractivity contribution in [1.82, 2.24) is 5.32 Å². The summed E-state index contributed by atoms with van der Waals surface area (Å²) in [5.41, 5.74) is 4.10. The van der Waals surface area contributed by atoms with Gasteiger partial charge in [0.1, 0.15) is 29.9 Å². The van der Waals surface area contributed by atoms with Crippen LogP contribution in [0.4, 0.5) is 0 Å². The van der Waals surface area contributed by atoms with Crippen LogP contribution < -0.4 is 14.8 Å². The lowest BCUT2D eigenvalue weighted by atomic mass is 9.99. The highest BCUT2D eigenvalue weighted by Crippen LogP contribution is 2.33. The average Bonchev–Trinajstić information content (AvgIpc) is 3.08. The van der Waals surface area contributed by atoms with Gasteiger partial charge in [-0.25, -0.2) is 4.79 Å². The van der Waals surface area contributed by atoms with Gasteiger partial charge in [-0.15, -0.1) is 0 Å². The molecule has 0 aliphatic heterocycles. The number of ether oxygens (including phenoxy) is 3. The largest absolute Gasteiger partial charge is 0.489 e. The number of rotatable bonds is 12. The second-order valence-corrected chi connectivity index (χ2v) is 11.0. The number of carbonyl (C=O) groups excluding carboxylic acids is 2. The number of halogens is 1. The van der Waals surface area contributed by atoms with Gasteiger partial charge in [-0.3, -0.25) is 4.79 Å². The number of methoxy groups -OCH3 is 1. The van der Waals surface area contributed by atoms with Crippen molar-refractivity contribution in [3.8, 4) is 28.4 Å². The van der Waals surface area contributed by atoms with Crippen molar-refractivity contribution in [3.63, 3.8) is 0 Å². The summed E-state index contributed by atoms with van der Waals surface area (Å²) < 4.78 is 17.8. The normalized spacial score (nSPS) is 11.5. The van der Waals surface area contributed by atoms with Crippen LogP contribution in [0.5, 0.6) is 17.2 Å². The van der Waals surface area contributed by atoms with Crippen molar-refractivity contribution in [2.75, 3.05) is 13.7 Å². The van der Waals surface area contributed by atoms with Gasteiger partial charge in [-0.05, 0) is 59.2 Å². The van der Waals surface area contributed by atoms with E-state index in [9.17, 15) is 9.59 Å². The van der Waals surface area contributed by atoms with Gasteiger partial charge in [-0.2, -0.15) is 0 Å². The Morgan fingerprint density at radius 2 is 1.49 bits per heavy atom. The average molecular weight is 663 g/mol. The van der Waals surface area contributed by atoms with E-state index < -0.39 is 17.9 Å². The molecule has 45 heavy (non-hydrogen) atoms. The molecule has 0 aromatic heterocycles. The molecule has 0 bridgehead atoms. The molecule has 7 heteroatoms. The molecule has 0 aliphatic rings. The standard InChI is InChI=1S/C38H32BrNO5/c1-43-38(42)34(40-37(41)33-26-30(39)22-23-35(33)44-24-10-13-27-11-4-2-5-12-27)25-28-18-20-29(21-19-28)32-16-8-9-17-36(32)45-31-14-6-3-7-15-31/h2-23,26,34H,24-25H2,1H3,(H,40,41)/b13-10+/t34-/m0/s1. The van der Waals surface area contributed by atoms with Crippen LogP contribution in [0.15, 0.2) is 138 Å². The minimum Gasteiger partial charge on any atom is -0.489 e. The molecule has 0 fully saturated rings. The first-order chi connectivity index (χ1) is 22.0. The van der Waals surface area contributed by atoms with Crippen LogP contribution in [0.1, 0.15) is 21.5 Å². The van der Waals surface area contributed by atoms with E-state index in [4.69, 9.17) is 14.2 Å². The van der Waals surface area contributed by atoms with E-state index in [-0.39, 0.29) is 13.0 Å². The second-order valence-electron chi connectivity index (χ2n) is 10.1. The van der Waals surface area contributed by atoms with E-state index in [1.54, 1.807) is 18.2 Å². The summed E-state index contributed by atoms with van der Waals surface area (Å²) in [6.07, 6.45) is 4.07. The first kappa shape index (κ1) is 31.3. The molecule has 6 nitrogen and oxygen atoms in total. The summed E-state index contributed by atoms with van der Waals surface area (Å²) in [6, 6.07) is 39.4. The fourth-order valence-electron chi connectivity index (χ4n) is 4.73. The lowest BCUT2D eigenvalue weighted by Crippen LogP contribution is -2.43. The number of carbonyl (C=O) groups is 2. The highest BCUT2D eigenvalue weighted by Gasteiger charge is 2.24. The van der Waals surface area contributed by atoms with Crippen molar-refractivity contribution in [3.05, 3.63) is 155 Å². The van der Waals surface area contributed by atoms with Crippen molar-refractivity contribution < 1.29 is 23.8 Å². The third-order valence-electron chi connectivity index (χ3n) is 6.99. The van der Waals surface area contributed by atoms with Gasteiger partial charge in [0.15, 0.2) is 0 Å². The molecular weight excluding hydrogens is 630 g/mol. The Hall–Kier alpha value is -5.14. The summed E-state index contributed by atoms with van der Waals surface area (Å²) in [5.74, 6) is 0.895. The van der Waals surface area contributed by atoms with E-state index in [2.05, 4.69) is 21.2 Å². The number of benzene rings is 5. The molecule has 5 rings (SSSR count). The molecule has 0 saturated carbocycles. The second kappa shape index (κ2) is 15.5. The zero-order valence-electron chi connectivity index (χ0n) is 24.7. The molecule has 226 valence electrons. The molecule has 0 unspecified atom stereocenters. The minimum absolute atomic E-state index is 0.241. The molecule has 0 aliphatic carbocycles. The first-order valence-electron chi connectivity index (χ1n) is 14.4. The number of amides is 1. The highest BCUT2D eigenvalue weighted by atomic mass is 79.9. The lowest BCUT2D eigenvalue weighted by molar-refractivity contribution is -0.142. The van der Waals surface area contributed by atoms with E-state index in [0.717, 1.165) is 33.8 Å². The Bertz CT molecular complexity index is 1750. The molecule has 1 atom stereocenters. The maximum absolute atomic E-state index is 13.5. The van der Waals surface area contributed by atoms with Gasteiger partial charge in [-0.1, -0.05) is 113 Å². The molecule has 1 N–H and O–H groups in total. The molecule has 0 spiro atoms. The highest BCUT2D eigenvalue weighted by molar-refractivity contribution is 9.10. The van der Waals surface area contributed by atoms with Crippen LogP contribution >= 0.6 is 15.9 Å². The van der Waals surface area contributed by atoms with Crippen molar-refractivity contribution >= 4 is 33.9 Å². The lowest BCUT2D eigenvalue weighted by Gasteiger charge is -2.18. The van der Waals surface area contributed by atoms with Crippen molar-refractivity contribution in [2.24, 2.45) is 0 Å². The predicted molar refractivity (Wildman–Crippen MR) is 180 cm³/mol. The summed E-state index contributed by atoms with van der Waals surface area (Å²) in [6.45, 7) is 0.267. The van der Waals surface area contributed by atoms with E-state index in [1.807, 2.05) is 121 Å². The van der Waals surface area contributed by atoms with Gasteiger partial charge in [0.05, 0.1) is 12.7 Å². The van der Waals surface area contributed by atoms with Crippen LogP contribution in [-0.4, -0.2) is 31.6 Å². The monoisotopic (exact) mass is 661 g/mol. The fourth-order valence-corrected chi connectivity index (χ4v) is 5.09. The van der Waals surface area contributed by atoms with E-state index in [1.165, 1.54) is 7.11 Å². The summed E-state index contributed by atoms with van der Waals surface area (Å²) in [5, 5.41) is 2.85. The third kappa shape index (κ3) is 8.71. The quantitative estimate of drug-likeness (QED) is 0.136. The Morgan fingerprint density at radius 3 is 2.22 bits per heavy atom. The van der Waals surface area contributed by atoms with Crippen LogP contribution in [0, 0.1) is 0 Å². The van der Waals surface area contributed by atoms with Crippen molar-refractivity contribution in [1.29, 1.82) is 0 Å². The van der Waals surface area contributed by atoms with Gasteiger partial charge >= 0.3 is 5.97 Å². The summed E-state index contributed by atoms with van der Waals surface area (Å²) >= 11 is 3.44. The number of esters is 1. The van der Waals surface area contributed by atoms with Crippen LogP contribution in [-0.2, 0) is 16.0 Å². The molecule has 5 aromatic carbocycles. The minimum atomic E-state index is -0.910.